The number of benzene rings is 1. The topological polar surface area (TPSA) is 91.8 Å². The molecule has 1 aromatic rings. The fraction of sp³-hybridized carbons (Fsp3) is 0.632. The molecule has 0 aromatic heterocycles. The van der Waals surface area contributed by atoms with E-state index in [1.807, 2.05) is 6.07 Å². The summed E-state index contributed by atoms with van der Waals surface area (Å²) < 4.78 is 32.0. The van der Waals surface area contributed by atoms with E-state index in [9.17, 15) is 8.42 Å². The van der Waals surface area contributed by atoms with Gasteiger partial charge in [-0.15, -0.1) is 24.0 Å². The number of rotatable bonds is 12. The van der Waals surface area contributed by atoms with Crippen LogP contribution in [0.25, 0.3) is 0 Å². The number of unbranched alkanes of at least 4 members (excludes halogenated alkanes) is 1. The van der Waals surface area contributed by atoms with Gasteiger partial charge < -0.3 is 15.4 Å². The summed E-state index contributed by atoms with van der Waals surface area (Å²) in [4.78, 5) is 4.45. The Labute approximate surface area is 187 Å². The number of ether oxygens (including phenoxy) is 1. The van der Waals surface area contributed by atoms with Gasteiger partial charge in [0.2, 0.25) is 10.0 Å². The highest BCUT2D eigenvalue weighted by molar-refractivity contribution is 14.0. The normalized spacial score (nSPS) is 12.0. The van der Waals surface area contributed by atoms with E-state index < -0.39 is 10.0 Å². The van der Waals surface area contributed by atoms with Gasteiger partial charge in [0.15, 0.2) is 5.96 Å². The minimum atomic E-state index is -3.53. The number of methoxy groups -OCH3 is 1. The number of sulfonamides is 1. The van der Waals surface area contributed by atoms with E-state index in [1.165, 1.54) is 20.0 Å². The second kappa shape index (κ2) is 15.0. The van der Waals surface area contributed by atoms with Gasteiger partial charge in [-0.1, -0.05) is 38.8 Å². The smallest absolute Gasteiger partial charge is 0.240 e. The van der Waals surface area contributed by atoms with Crippen LogP contribution in [0, 0.1) is 5.92 Å². The lowest BCUT2D eigenvalue weighted by Crippen LogP contribution is -2.37. The van der Waals surface area contributed by atoms with Crippen LogP contribution in [0.3, 0.4) is 0 Å². The maximum atomic E-state index is 12.3. The molecule has 0 atom stereocenters. The van der Waals surface area contributed by atoms with Gasteiger partial charge in [0.05, 0.1) is 11.5 Å². The largest absolute Gasteiger partial charge is 0.383 e. The Morgan fingerprint density at radius 1 is 1.18 bits per heavy atom. The number of aliphatic imine (C=N–C) groups is 1. The molecule has 0 bridgehead atoms. The molecule has 0 fully saturated rings. The molecule has 0 aliphatic heterocycles. The second-order valence-corrected chi connectivity index (χ2v) is 8.55. The van der Waals surface area contributed by atoms with Crippen molar-refractivity contribution in [1.82, 2.24) is 15.4 Å². The average molecular weight is 526 g/mol. The number of hydrogen-bond donors (Lipinski definition) is 3. The number of nitrogens with one attached hydrogen (secondary N) is 3. The Morgan fingerprint density at radius 3 is 2.57 bits per heavy atom. The highest BCUT2D eigenvalue weighted by Gasteiger charge is 2.13. The predicted molar refractivity (Wildman–Crippen MR) is 126 cm³/mol. The summed E-state index contributed by atoms with van der Waals surface area (Å²) in [5, 5.41) is 6.51. The molecule has 28 heavy (non-hydrogen) atoms. The summed E-state index contributed by atoms with van der Waals surface area (Å²) in [5.41, 5.74) is 0.868. The van der Waals surface area contributed by atoms with Crippen LogP contribution in [0.2, 0.25) is 0 Å². The van der Waals surface area contributed by atoms with E-state index in [4.69, 9.17) is 4.74 Å². The summed E-state index contributed by atoms with van der Waals surface area (Å²) in [6.45, 7) is 6.40. The quantitative estimate of drug-likeness (QED) is 0.169. The predicted octanol–water partition coefficient (Wildman–Crippen LogP) is 2.72. The van der Waals surface area contributed by atoms with E-state index in [2.05, 4.69) is 34.2 Å². The van der Waals surface area contributed by atoms with Crippen LogP contribution in [-0.2, 0) is 21.3 Å². The summed E-state index contributed by atoms with van der Waals surface area (Å²) in [5.74, 6) is 1.45. The van der Waals surface area contributed by atoms with Gasteiger partial charge in [-0.05, 0) is 30.0 Å². The number of halogens is 1. The molecule has 9 heteroatoms. The zero-order chi connectivity index (χ0) is 20.1. The fourth-order valence-electron chi connectivity index (χ4n) is 2.47. The van der Waals surface area contributed by atoms with Crippen molar-refractivity contribution >= 4 is 40.0 Å². The molecular weight excluding hydrogens is 491 g/mol. The lowest BCUT2D eigenvalue weighted by Gasteiger charge is -2.13. The van der Waals surface area contributed by atoms with Crippen molar-refractivity contribution in [2.24, 2.45) is 10.9 Å². The van der Waals surface area contributed by atoms with Gasteiger partial charge in [-0.2, -0.15) is 0 Å². The first kappa shape index (κ1) is 27.1. The third kappa shape index (κ3) is 11.2. The third-order valence-electron chi connectivity index (χ3n) is 3.99. The Kier molecular flexibility index (Phi) is 14.5. The zero-order valence-corrected chi connectivity index (χ0v) is 20.5. The van der Waals surface area contributed by atoms with Crippen molar-refractivity contribution in [3.8, 4) is 0 Å². The molecule has 7 nitrogen and oxygen atoms in total. The Hall–Kier alpha value is -0.910. The van der Waals surface area contributed by atoms with E-state index in [0.717, 1.165) is 24.4 Å². The van der Waals surface area contributed by atoms with Crippen molar-refractivity contribution in [3.05, 3.63) is 29.8 Å². The van der Waals surface area contributed by atoms with Crippen molar-refractivity contribution in [3.63, 3.8) is 0 Å². The Morgan fingerprint density at radius 2 is 1.93 bits per heavy atom. The molecule has 0 spiro atoms. The van der Waals surface area contributed by atoms with Crippen LogP contribution in [0.1, 0.15) is 38.7 Å². The molecule has 1 aromatic carbocycles. The van der Waals surface area contributed by atoms with E-state index in [0.29, 0.717) is 19.1 Å². The first-order valence-electron chi connectivity index (χ1n) is 9.41. The van der Waals surface area contributed by atoms with Crippen molar-refractivity contribution in [2.75, 3.05) is 33.9 Å². The molecule has 0 unspecified atom stereocenters. The van der Waals surface area contributed by atoms with Gasteiger partial charge in [0.25, 0.3) is 0 Å². The summed E-state index contributed by atoms with van der Waals surface area (Å²) in [6, 6.07) is 6.87. The molecular formula is C19H35IN4O3S. The lowest BCUT2D eigenvalue weighted by molar-refractivity contribution is 0.204. The van der Waals surface area contributed by atoms with Crippen LogP contribution in [-0.4, -0.2) is 48.2 Å². The average Bonchev–Trinajstić information content (AvgIpc) is 2.64. The number of hydrogen-bond acceptors (Lipinski definition) is 4. The maximum Gasteiger partial charge on any atom is 0.240 e. The lowest BCUT2D eigenvalue weighted by atomic mass is 10.1. The number of nitrogens with zero attached hydrogens (tertiary/aromatic N) is 1. The van der Waals surface area contributed by atoms with Crippen LogP contribution in [0.5, 0.6) is 0 Å². The van der Waals surface area contributed by atoms with Gasteiger partial charge in [-0.25, -0.2) is 13.1 Å². The second-order valence-electron chi connectivity index (χ2n) is 6.78. The Balaban J connectivity index is 0.00000729. The van der Waals surface area contributed by atoms with E-state index in [1.54, 1.807) is 25.2 Å². The van der Waals surface area contributed by atoms with Crippen LogP contribution < -0.4 is 15.4 Å². The van der Waals surface area contributed by atoms with E-state index >= 15 is 0 Å². The SMILES string of the molecule is CN=C(NCCCCC(C)C)NCc1cccc(S(=O)(=O)NCCOC)c1.I. The molecule has 0 heterocycles. The minimum Gasteiger partial charge on any atom is -0.383 e. The van der Waals surface area contributed by atoms with E-state index in [-0.39, 0.29) is 35.4 Å². The van der Waals surface area contributed by atoms with Crippen LogP contribution in [0.15, 0.2) is 34.2 Å². The van der Waals surface area contributed by atoms with Gasteiger partial charge in [-0.3, -0.25) is 4.99 Å². The van der Waals surface area contributed by atoms with Crippen LogP contribution in [0.4, 0.5) is 0 Å². The molecule has 1 rings (SSSR count). The van der Waals surface area contributed by atoms with Gasteiger partial charge in [0, 0.05) is 33.8 Å². The monoisotopic (exact) mass is 526 g/mol. The highest BCUT2D eigenvalue weighted by Crippen LogP contribution is 2.11. The molecule has 3 N–H and O–H groups in total. The molecule has 0 saturated heterocycles. The fourth-order valence-corrected chi connectivity index (χ4v) is 3.56. The highest BCUT2D eigenvalue weighted by atomic mass is 127. The first-order chi connectivity index (χ1) is 12.9. The number of guanidine groups is 1. The third-order valence-corrected chi connectivity index (χ3v) is 5.45. The van der Waals surface area contributed by atoms with Crippen LogP contribution >= 0.6 is 24.0 Å². The molecule has 0 saturated carbocycles. The van der Waals surface area contributed by atoms with Gasteiger partial charge in [0.1, 0.15) is 0 Å². The summed E-state index contributed by atoms with van der Waals surface area (Å²) in [6.07, 6.45) is 3.52. The molecule has 0 aliphatic rings. The maximum absolute atomic E-state index is 12.3. The Bertz CT molecular complexity index is 682. The summed E-state index contributed by atoms with van der Waals surface area (Å²) >= 11 is 0. The summed E-state index contributed by atoms with van der Waals surface area (Å²) in [7, 11) is -0.271. The van der Waals surface area contributed by atoms with Crippen molar-refractivity contribution in [2.45, 2.75) is 44.6 Å². The molecule has 0 amide bonds. The molecule has 0 aliphatic carbocycles. The van der Waals surface area contributed by atoms with Crippen molar-refractivity contribution < 1.29 is 13.2 Å². The standard InChI is InChI=1S/C19H34N4O3S.HI/c1-16(2)8-5-6-11-21-19(20-3)22-15-17-9-7-10-18(14-17)27(24,25)23-12-13-26-4;/h7,9-10,14,16,23H,5-6,8,11-13,15H2,1-4H3,(H2,20,21,22);1H. The molecule has 0 radical (unpaired) electrons. The first-order valence-corrected chi connectivity index (χ1v) is 10.9. The van der Waals surface area contributed by atoms with Crippen molar-refractivity contribution in [1.29, 1.82) is 0 Å². The minimum absolute atomic E-state index is 0. The zero-order valence-electron chi connectivity index (χ0n) is 17.3. The molecule has 162 valence electrons. The van der Waals surface area contributed by atoms with Gasteiger partial charge >= 0.3 is 0 Å².